The molecular weight excluding hydrogens is 260 g/mol. The summed E-state index contributed by atoms with van der Waals surface area (Å²) < 4.78 is 15.5. The van der Waals surface area contributed by atoms with Crippen LogP contribution in [-0.4, -0.2) is 50.6 Å². The van der Waals surface area contributed by atoms with Gasteiger partial charge < -0.3 is 25.3 Å². The molecule has 1 aromatic rings. The van der Waals surface area contributed by atoms with Crippen LogP contribution in [0.1, 0.15) is 25.6 Å². The fourth-order valence-electron chi connectivity index (χ4n) is 1.46. The van der Waals surface area contributed by atoms with Gasteiger partial charge in [-0.05, 0) is 0 Å². The van der Waals surface area contributed by atoms with E-state index >= 15 is 0 Å². The standard InChI is InChI=1S/C13H24N4O3/c1-9(2)11-16-12(15-5-6-18-3)10(14)13(17-11)20-8-7-19-4/h9H,5-8,14H2,1-4H3,(H,15,16,17). The number of nitrogens with zero attached hydrogens (tertiary/aromatic N) is 2. The number of rotatable bonds is 9. The molecule has 7 heteroatoms. The third-order valence-corrected chi connectivity index (χ3v) is 2.57. The maximum absolute atomic E-state index is 6.02. The number of hydrogen-bond donors (Lipinski definition) is 2. The van der Waals surface area contributed by atoms with Gasteiger partial charge in [-0.25, -0.2) is 4.98 Å². The monoisotopic (exact) mass is 284 g/mol. The lowest BCUT2D eigenvalue weighted by molar-refractivity contribution is 0.144. The Labute approximate surface area is 119 Å². The van der Waals surface area contributed by atoms with Crippen LogP contribution in [0.3, 0.4) is 0 Å². The Bertz CT molecular complexity index is 382. The predicted molar refractivity (Wildman–Crippen MR) is 78.3 cm³/mol. The summed E-state index contributed by atoms with van der Waals surface area (Å²) in [5, 5.41) is 3.13. The summed E-state index contributed by atoms with van der Waals surface area (Å²) in [6, 6.07) is 0. The first-order chi connectivity index (χ1) is 9.60. The molecule has 1 heterocycles. The molecule has 0 aliphatic carbocycles. The minimum absolute atomic E-state index is 0.184. The van der Waals surface area contributed by atoms with Crippen molar-refractivity contribution in [1.82, 2.24) is 9.97 Å². The molecule has 0 aliphatic rings. The Morgan fingerprint density at radius 1 is 1.10 bits per heavy atom. The van der Waals surface area contributed by atoms with Gasteiger partial charge in [0.1, 0.15) is 18.1 Å². The predicted octanol–water partition coefficient (Wildman–Crippen LogP) is 1.27. The first-order valence-corrected chi connectivity index (χ1v) is 6.62. The first kappa shape index (κ1) is 16.5. The van der Waals surface area contributed by atoms with Crippen LogP contribution in [-0.2, 0) is 9.47 Å². The highest BCUT2D eigenvalue weighted by molar-refractivity contribution is 5.67. The van der Waals surface area contributed by atoms with Gasteiger partial charge in [0.15, 0.2) is 5.82 Å². The Morgan fingerprint density at radius 3 is 2.40 bits per heavy atom. The molecule has 0 radical (unpaired) electrons. The molecule has 0 atom stereocenters. The third-order valence-electron chi connectivity index (χ3n) is 2.57. The molecule has 1 aromatic heterocycles. The van der Waals surface area contributed by atoms with E-state index in [1.54, 1.807) is 14.2 Å². The summed E-state index contributed by atoms with van der Waals surface area (Å²) >= 11 is 0. The van der Waals surface area contributed by atoms with Crippen LogP contribution in [0.4, 0.5) is 11.5 Å². The second-order valence-electron chi connectivity index (χ2n) is 4.56. The molecule has 114 valence electrons. The second-order valence-corrected chi connectivity index (χ2v) is 4.56. The lowest BCUT2D eigenvalue weighted by atomic mass is 10.2. The van der Waals surface area contributed by atoms with Crippen LogP contribution < -0.4 is 15.8 Å². The van der Waals surface area contributed by atoms with Gasteiger partial charge in [-0.3, -0.25) is 0 Å². The van der Waals surface area contributed by atoms with Crippen molar-refractivity contribution in [3.63, 3.8) is 0 Å². The van der Waals surface area contributed by atoms with Gasteiger partial charge in [0, 0.05) is 26.7 Å². The van der Waals surface area contributed by atoms with E-state index in [1.165, 1.54) is 0 Å². The minimum atomic E-state index is 0.184. The Kier molecular flexibility index (Phi) is 7.03. The fourth-order valence-corrected chi connectivity index (χ4v) is 1.46. The second kappa shape index (κ2) is 8.55. The molecule has 0 unspecified atom stereocenters. The van der Waals surface area contributed by atoms with Crippen molar-refractivity contribution >= 4 is 11.5 Å². The maximum Gasteiger partial charge on any atom is 0.242 e. The first-order valence-electron chi connectivity index (χ1n) is 6.62. The smallest absolute Gasteiger partial charge is 0.242 e. The van der Waals surface area contributed by atoms with Crippen molar-refractivity contribution in [2.45, 2.75) is 19.8 Å². The SMILES string of the molecule is COCCNc1nc(C(C)C)nc(OCCOC)c1N. The number of ether oxygens (including phenoxy) is 3. The number of nitrogen functional groups attached to an aromatic ring is 1. The molecule has 0 saturated heterocycles. The van der Waals surface area contributed by atoms with Gasteiger partial charge in [0.05, 0.1) is 13.2 Å². The summed E-state index contributed by atoms with van der Waals surface area (Å²) in [5.74, 6) is 1.84. The number of methoxy groups -OCH3 is 2. The van der Waals surface area contributed by atoms with Gasteiger partial charge in [-0.1, -0.05) is 13.8 Å². The van der Waals surface area contributed by atoms with E-state index in [2.05, 4.69) is 15.3 Å². The van der Waals surface area contributed by atoms with Crippen LogP contribution in [0, 0.1) is 0 Å². The van der Waals surface area contributed by atoms with Crippen LogP contribution in [0.15, 0.2) is 0 Å². The molecule has 1 rings (SSSR count). The van der Waals surface area contributed by atoms with E-state index in [4.69, 9.17) is 19.9 Å². The Hall–Kier alpha value is -1.60. The molecular formula is C13H24N4O3. The fraction of sp³-hybridized carbons (Fsp3) is 0.692. The zero-order valence-electron chi connectivity index (χ0n) is 12.6. The van der Waals surface area contributed by atoms with Crippen molar-refractivity contribution in [3.05, 3.63) is 5.82 Å². The number of aromatic nitrogens is 2. The average molecular weight is 284 g/mol. The van der Waals surface area contributed by atoms with Crippen LogP contribution in [0.5, 0.6) is 5.88 Å². The van der Waals surface area contributed by atoms with E-state index in [-0.39, 0.29) is 5.92 Å². The number of nitrogens with one attached hydrogen (secondary N) is 1. The molecule has 0 aliphatic heterocycles. The van der Waals surface area contributed by atoms with E-state index in [0.717, 1.165) is 0 Å². The van der Waals surface area contributed by atoms with E-state index in [9.17, 15) is 0 Å². The quantitative estimate of drug-likeness (QED) is 0.660. The van der Waals surface area contributed by atoms with Gasteiger partial charge in [0.25, 0.3) is 0 Å². The topological polar surface area (TPSA) is 91.5 Å². The zero-order chi connectivity index (χ0) is 15.0. The average Bonchev–Trinajstić information content (AvgIpc) is 2.42. The van der Waals surface area contributed by atoms with Crippen molar-refractivity contribution in [2.75, 3.05) is 51.6 Å². The summed E-state index contributed by atoms with van der Waals surface area (Å²) in [7, 11) is 3.26. The van der Waals surface area contributed by atoms with Gasteiger partial charge in [-0.15, -0.1) is 0 Å². The van der Waals surface area contributed by atoms with Crippen molar-refractivity contribution in [2.24, 2.45) is 0 Å². The lowest BCUT2D eigenvalue weighted by Crippen LogP contribution is -2.15. The molecule has 20 heavy (non-hydrogen) atoms. The van der Waals surface area contributed by atoms with Gasteiger partial charge in [0.2, 0.25) is 5.88 Å². The third kappa shape index (κ3) is 4.82. The Morgan fingerprint density at radius 2 is 1.80 bits per heavy atom. The molecule has 0 saturated carbocycles. The lowest BCUT2D eigenvalue weighted by Gasteiger charge is -2.15. The molecule has 0 spiro atoms. The van der Waals surface area contributed by atoms with Crippen LogP contribution in [0.2, 0.25) is 0 Å². The van der Waals surface area contributed by atoms with E-state index < -0.39 is 0 Å². The largest absolute Gasteiger partial charge is 0.474 e. The summed E-state index contributed by atoms with van der Waals surface area (Å²) in [6.07, 6.45) is 0. The summed E-state index contributed by atoms with van der Waals surface area (Å²) in [4.78, 5) is 8.77. The van der Waals surface area contributed by atoms with Crippen molar-refractivity contribution in [3.8, 4) is 5.88 Å². The van der Waals surface area contributed by atoms with Crippen LogP contribution >= 0.6 is 0 Å². The number of anilines is 2. The number of hydrogen-bond acceptors (Lipinski definition) is 7. The molecule has 0 aromatic carbocycles. The van der Waals surface area contributed by atoms with E-state index in [0.29, 0.717) is 49.6 Å². The van der Waals surface area contributed by atoms with Gasteiger partial charge >= 0.3 is 0 Å². The summed E-state index contributed by atoms with van der Waals surface area (Å²) in [6.45, 7) is 6.10. The normalized spacial score (nSPS) is 10.8. The highest BCUT2D eigenvalue weighted by atomic mass is 16.5. The minimum Gasteiger partial charge on any atom is -0.474 e. The molecule has 0 fully saturated rings. The highest BCUT2D eigenvalue weighted by Crippen LogP contribution is 2.28. The van der Waals surface area contributed by atoms with Gasteiger partial charge in [-0.2, -0.15) is 4.98 Å². The molecule has 7 nitrogen and oxygen atoms in total. The Balaban J connectivity index is 2.90. The van der Waals surface area contributed by atoms with Crippen LogP contribution in [0.25, 0.3) is 0 Å². The van der Waals surface area contributed by atoms with Crippen molar-refractivity contribution < 1.29 is 14.2 Å². The maximum atomic E-state index is 6.02. The zero-order valence-corrected chi connectivity index (χ0v) is 12.6. The number of nitrogens with two attached hydrogens (primary N) is 1. The highest BCUT2D eigenvalue weighted by Gasteiger charge is 2.14. The van der Waals surface area contributed by atoms with Crippen molar-refractivity contribution in [1.29, 1.82) is 0 Å². The molecule has 3 N–H and O–H groups in total. The molecule has 0 amide bonds. The molecule has 0 bridgehead atoms. The summed E-state index contributed by atoms with van der Waals surface area (Å²) in [5.41, 5.74) is 6.43. The van der Waals surface area contributed by atoms with E-state index in [1.807, 2.05) is 13.8 Å².